The van der Waals surface area contributed by atoms with Crippen LogP contribution in [0.4, 0.5) is 0 Å². The van der Waals surface area contributed by atoms with Crippen molar-refractivity contribution in [2.24, 2.45) is 5.41 Å². The highest BCUT2D eigenvalue weighted by atomic mass is 16.5. The number of hydrogen-bond acceptors (Lipinski definition) is 3. The number of hydrogen-bond donors (Lipinski definition) is 2. The van der Waals surface area contributed by atoms with E-state index in [0.717, 1.165) is 26.1 Å². The van der Waals surface area contributed by atoms with Crippen LogP contribution in [0, 0.1) is 5.41 Å². The second-order valence-corrected chi connectivity index (χ2v) is 3.68. The molecular formula is C9H19NO2. The molecule has 3 heteroatoms. The van der Waals surface area contributed by atoms with Crippen LogP contribution in [0.15, 0.2) is 0 Å². The Morgan fingerprint density at radius 2 is 2.25 bits per heavy atom. The first-order chi connectivity index (χ1) is 5.83. The number of rotatable bonds is 7. The van der Waals surface area contributed by atoms with Crippen molar-refractivity contribution in [3.8, 4) is 0 Å². The number of aliphatic hydroxyl groups excluding tert-OH is 1. The average molecular weight is 173 g/mol. The van der Waals surface area contributed by atoms with E-state index in [1.807, 2.05) is 0 Å². The first-order valence-corrected chi connectivity index (χ1v) is 4.63. The topological polar surface area (TPSA) is 41.5 Å². The molecule has 1 aliphatic rings. The van der Waals surface area contributed by atoms with Crippen molar-refractivity contribution in [3.63, 3.8) is 0 Å². The fraction of sp³-hybridized carbons (Fsp3) is 1.00. The Hall–Kier alpha value is -0.120. The smallest absolute Gasteiger partial charge is 0.0499 e. The van der Waals surface area contributed by atoms with Gasteiger partial charge in [0.05, 0.1) is 0 Å². The van der Waals surface area contributed by atoms with Gasteiger partial charge in [-0.15, -0.1) is 0 Å². The summed E-state index contributed by atoms with van der Waals surface area (Å²) in [6.45, 7) is 3.12. The van der Waals surface area contributed by atoms with E-state index >= 15 is 0 Å². The van der Waals surface area contributed by atoms with E-state index in [1.165, 1.54) is 12.8 Å². The highest BCUT2D eigenvalue weighted by Crippen LogP contribution is 2.44. The Kier molecular flexibility index (Phi) is 3.98. The van der Waals surface area contributed by atoms with Crippen LogP contribution < -0.4 is 5.32 Å². The molecule has 0 aromatic rings. The molecule has 1 saturated carbocycles. The molecule has 1 aliphatic carbocycles. The van der Waals surface area contributed by atoms with Gasteiger partial charge in [-0.25, -0.2) is 0 Å². The van der Waals surface area contributed by atoms with Crippen molar-refractivity contribution in [2.45, 2.75) is 19.3 Å². The van der Waals surface area contributed by atoms with Gasteiger partial charge in [-0.05, 0) is 25.8 Å². The summed E-state index contributed by atoms with van der Waals surface area (Å²) in [7, 11) is 1.72. The second-order valence-electron chi connectivity index (χ2n) is 3.68. The molecule has 1 rings (SSSR count). The summed E-state index contributed by atoms with van der Waals surface area (Å²) in [5, 5.41) is 12.3. The lowest BCUT2D eigenvalue weighted by Crippen LogP contribution is -2.27. The van der Waals surface area contributed by atoms with Crippen LogP contribution in [0.2, 0.25) is 0 Å². The summed E-state index contributed by atoms with van der Waals surface area (Å²) >= 11 is 0. The minimum absolute atomic E-state index is 0.243. The molecule has 12 heavy (non-hydrogen) atoms. The third-order valence-electron chi connectivity index (χ3n) is 2.49. The first kappa shape index (κ1) is 9.96. The molecule has 0 unspecified atom stereocenters. The van der Waals surface area contributed by atoms with Crippen LogP contribution in [0.3, 0.4) is 0 Å². The quantitative estimate of drug-likeness (QED) is 0.547. The molecule has 0 aromatic carbocycles. The van der Waals surface area contributed by atoms with E-state index in [1.54, 1.807) is 7.11 Å². The molecule has 0 aliphatic heterocycles. The molecule has 1 fully saturated rings. The van der Waals surface area contributed by atoms with Gasteiger partial charge in [0.25, 0.3) is 0 Å². The molecule has 0 atom stereocenters. The summed E-state index contributed by atoms with van der Waals surface area (Å²) in [6.07, 6.45) is 3.42. The van der Waals surface area contributed by atoms with Gasteiger partial charge in [0, 0.05) is 32.3 Å². The third kappa shape index (κ3) is 3.09. The largest absolute Gasteiger partial charge is 0.396 e. The molecule has 3 nitrogen and oxygen atoms in total. The summed E-state index contributed by atoms with van der Waals surface area (Å²) in [6, 6.07) is 0. The fourth-order valence-corrected chi connectivity index (χ4v) is 1.26. The molecule has 0 spiro atoms. The maximum atomic E-state index is 8.99. The van der Waals surface area contributed by atoms with Crippen molar-refractivity contribution in [1.82, 2.24) is 5.32 Å². The lowest BCUT2D eigenvalue weighted by molar-refractivity contribution is 0.188. The summed E-state index contributed by atoms with van der Waals surface area (Å²) in [4.78, 5) is 0. The van der Waals surface area contributed by atoms with E-state index in [-0.39, 0.29) is 5.41 Å². The number of ether oxygens (including phenoxy) is 1. The Bertz CT molecular complexity index is 124. The van der Waals surface area contributed by atoms with Crippen LogP contribution in [0.25, 0.3) is 0 Å². The minimum Gasteiger partial charge on any atom is -0.396 e. The molecule has 2 N–H and O–H groups in total. The third-order valence-corrected chi connectivity index (χ3v) is 2.49. The molecule has 0 radical (unpaired) electrons. The van der Waals surface area contributed by atoms with E-state index in [9.17, 15) is 0 Å². The zero-order valence-corrected chi connectivity index (χ0v) is 7.81. The number of nitrogens with one attached hydrogen (secondary N) is 1. The number of aliphatic hydroxyl groups is 1. The zero-order valence-electron chi connectivity index (χ0n) is 7.81. The Morgan fingerprint density at radius 3 is 2.75 bits per heavy atom. The Labute approximate surface area is 74.1 Å². The van der Waals surface area contributed by atoms with Crippen LogP contribution in [-0.4, -0.2) is 38.5 Å². The highest BCUT2D eigenvalue weighted by molar-refractivity contribution is 4.94. The molecule has 0 saturated heterocycles. The number of methoxy groups -OCH3 is 1. The van der Waals surface area contributed by atoms with Crippen molar-refractivity contribution in [2.75, 3.05) is 33.4 Å². The predicted octanol–water partition coefficient (Wildman–Crippen LogP) is 0.385. The molecule has 0 amide bonds. The van der Waals surface area contributed by atoms with Crippen LogP contribution in [-0.2, 0) is 4.74 Å². The Morgan fingerprint density at radius 1 is 1.50 bits per heavy atom. The van der Waals surface area contributed by atoms with Crippen molar-refractivity contribution < 1.29 is 9.84 Å². The van der Waals surface area contributed by atoms with E-state index < -0.39 is 0 Å². The van der Waals surface area contributed by atoms with Crippen molar-refractivity contribution in [3.05, 3.63) is 0 Å². The molecule has 72 valence electrons. The van der Waals surface area contributed by atoms with Gasteiger partial charge in [0.2, 0.25) is 0 Å². The van der Waals surface area contributed by atoms with Gasteiger partial charge in [-0.3, -0.25) is 0 Å². The Balaban J connectivity index is 1.89. The highest BCUT2D eigenvalue weighted by Gasteiger charge is 2.41. The van der Waals surface area contributed by atoms with Gasteiger partial charge in [-0.1, -0.05) is 0 Å². The van der Waals surface area contributed by atoms with E-state index in [4.69, 9.17) is 9.84 Å². The normalized spacial score (nSPS) is 19.5. The molecular weight excluding hydrogens is 154 g/mol. The van der Waals surface area contributed by atoms with E-state index in [0.29, 0.717) is 6.61 Å². The van der Waals surface area contributed by atoms with Gasteiger partial charge < -0.3 is 15.2 Å². The van der Waals surface area contributed by atoms with Crippen LogP contribution >= 0.6 is 0 Å². The van der Waals surface area contributed by atoms with Crippen LogP contribution in [0.5, 0.6) is 0 Å². The van der Waals surface area contributed by atoms with Gasteiger partial charge in [-0.2, -0.15) is 0 Å². The monoisotopic (exact) mass is 173 g/mol. The summed E-state index contributed by atoms with van der Waals surface area (Å²) in [5.74, 6) is 0. The minimum atomic E-state index is 0.243. The first-order valence-electron chi connectivity index (χ1n) is 4.63. The maximum absolute atomic E-state index is 8.99. The second kappa shape index (κ2) is 4.80. The summed E-state index contributed by atoms with van der Waals surface area (Å²) < 4.78 is 4.93. The van der Waals surface area contributed by atoms with Crippen molar-refractivity contribution in [1.29, 1.82) is 0 Å². The standard InChI is InChI=1S/C9H19NO2/c1-12-6-2-5-10-7-9(8-11)3-4-9/h10-11H,2-8H2,1H3. The molecule has 0 aromatic heterocycles. The summed E-state index contributed by atoms with van der Waals surface area (Å²) in [5.41, 5.74) is 0.243. The SMILES string of the molecule is COCCCNCC1(CO)CC1. The van der Waals surface area contributed by atoms with E-state index in [2.05, 4.69) is 5.32 Å². The van der Waals surface area contributed by atoms with Crippen molar-refractivity contribution >= 4 is 0 Å². The average Bonchev–Trinajstić information content (AvgIpc) is 2.85. The maximum Gasteiger partial charge on any atom is 0.0499 e. The zero-order chi connectivity index (χ0) is 8.86. The molecule has 0 bridgehead atoms. The van der Waals surface area contributed by atoms with Crippen LogP contribution in [0.1, 0.15) is 19.3 Å². The van der Waals surface area contributed by atoms with Gasteiger partial charge in [0.15, 0.2) is 0 Å². The lowest BCUT2D eigenvalue weighted by atomic mass is 10.1. The predicted molar refractivity (Wildman–Crippen MR) is 48.1 cm³/mol. The van der Waals surface area contributed by atoms with Gasteiger partial charge in [0.1, 0.15) is 0 Å². The lowest BCUT2D eigenvalue weighted by Gasteiger charge is -2.11. The fourth-order valence-electron chi connectivity index (χ4n) is 1.26. The molecule has 0 heterocycles. The van der Waals surface area contributed by atoms with Gasteiger partial charge >= 0.3 is 0 Å².